The average Bonchev–Trinajstić information content (AvgIpc) is 2.94. The summed E-state index contributed by atoms with van der Waals surface area (Å²) >= 11 is 3.14. The van der Waals surface area contributed by atoms with Crippen molar-refractivity contribution in [3.8, 4) is 0 Å². The van der Waals surface area contributed by atoms with Gasteiger partial charge in [-0.1, -0.05) is 28.8 Å². The molecule has 1 fully saturated rings. The second-order valence-electron chi connectivity index (χ2n) is 5.49. The van der Waals surface area contributed by atoms with Gasteiger partial charge in [0.15, 0.2) is 0 Å². The molecule has 0 radical (unpaired) electrons. The van der Waals surface area contributed by atoms with E-state index in [0.29, 0.717) is 10.4 Å². The predicted octanol–water partition coefficient (Wildman–Crippen LogP) is 2.94. The highest BCUT2D eigenvalue weighted by Gasteiger charge is 2.28. The first-order valence-electron chi connectivity index (χ1n) is 6.96. The summed E-state index contributed by atoms with van der Waals surface area (Å²) in [6, 6.07) is 2.36. The number of rotatable bonds is 5. The number of halogens is 2. The Labute approximate surface area is 132 Å². The number of benzene rings is 1. The molecule has 1 aliphatic rings. The van der Waals surface area contributed by atoms with E-state index in [4.69, 9.17) is 5.11 Å². The van der Waals surface area contributed by atoms with Crippen molar-refractivity contribution < 1.29 is 17.9 Å². The van der Waals surface area contributed by atoms with Crippen molar-refractivity contribution in [1.82, 2.24) is 4.72 Å². The Balaban J connectivity index is 2.28. The lowest BCUT2D eigenvalue weighted by molar-refractivity contribution is 0.274. The molecule has 0 amide bonds. The van der Waals surface area contributed by atoms with Crippen LogP contribution in [0.3, 0.4) is 0 Å². The van der Waals surface area contributed by atoms with E-state index in [1.165, 1.54) is 12.1 Å². The number of aliphatic hydroxyl groups excluding tert-OH is 1. The van der Waals surface area contributed by atoms with Crippen LogP contribution >= 0.6 is 15.9 Å². The fourth-order valence-corrected chi connectivity index (χ4v) is 4.91. The average molecular weight is 380 g/mol. The third kappa shape index (κ3) is 3.83. The summed E-state index contributed by atoms with van der Waals surface area (Å²) < 4.78 is 41.9. The molecule has 1 atom stereocenters. The van der Waals surface area contributed by atoms with Gasteiger partial charge in [-0.15, -0.1) is 0 Å². The van der Waals surface area contributed by atoms with Crippen LogP contribution in [-0.4, -0.2) is 19.6 Å². The highest BCUT2D eigenvalue weighted by molar-refractivity contribution is 9.10. The minimum Gasteiger partial charge on any atom is -0.392 e. The molecule has 0 heterocycles. The van der Waals surface area contributed by atoms with Gasteiger partial charge in [0.25, 0.3) is 0 Å². The van der Waals surface area contributed by atoms with Gasteiger partial charge in [-0.05, 0) is 37.8 Å². The Morgan fingerprint density at radius 2 is 2.05 bits per heavy atom. The zero-order valence-electron chi connectivity index (χ0n) is 11.8. The summed E-state index contributed by atoms with van der Waals surface area (Å²) in [5.74, 6) is -0.598. The molecule has 7 heteroatoms. The Morgan fingerprint density at radius 1 is 1.43 bits per heavy atom. The van der Waals surface area contributed by atoms with Gasteiger partial charge in [-0.2, -0.15) is 0 Å². The molecule has 1 aromatic carbocycles. The number of hydrogen-bond donors (Lipinski definition) is 2. The van der Waals surface area contributed by atoms with Gasteiger partial charge < -0.3 is 5.11 Å². The molecule has 118 valence electrons. The summed E-state index contributed by atoms with van der Waals surface area (Å²) in [4.78, 5) is -0.425. The second kappa shape index (κ2) is 6.73. The molecule has 2 rings (SSSR count). The van der Waals surface area contributed by atoms with E-state index in [1.54, 1.807) is 0 Å². The van der Waals surface area contributed by atoms with Crippen LogP contribution in [0.5, 0.6) is 0 Å². The van der Waals surface area contributed by atoms with Gasteiger partial charge in [-0.3, -0.25) is 0 Å². The molecule has 0 spiro atoms. The molecule has 1 unspecified atom stereocenters. The van der Waals surface area contributed by atoms with Crippen molar-refractivity contribution in [2.75, 3.05) is 0 Å². The van der Waals surface area contributed by atoms with Crippen molar-refractivity contribution in [1.29, 1.82) is 0 Å². The molecule has 1 saturated carbocycles. The Kier molecular flexibility index (Phi) is 5.40. The third-order valence-corrected chi connectivity index (χ3v) is 6.00. The lowest BCUT2D eigenvalue weighted by atomic mass is 10.0. The topological polar surface area (TPSA) is 66.4 Å². The van der Waals surface area contributed by atoms with E-state index in [-0.39, 0.29) is 11.6 Å². The van der Waals surface area contributed by atoms with E-state index in [9.17, 15) is 12.8 Å². The largest absolute Gasteiger partial charge is 0.392 e. The van der Waals surface area contributed by atoms with Gasteiger partial charge in [0, 0.05) is 16.1 Å². The van der Waals surface area contributed by atoms with Crippen LogP contribution in [0.15, 0.2) is 21.5 Å². The van der Waals surface area contributed by atoms with Crippen LogP contribution in [0.1, 0.15) is 38.2 Å². The van der Waals surface area contributed by atoms with Crippen LogP contribution in [0, 0.1) is 11.7 Å². The lowest BCUT2D eigenvalue weighted by Gasteiger charge is -2.20. The minimum absolute atomic E-state index is 0.0433. The summed E-state index contributed by atoms with van der Waals surface area (Å²) in [5.41, 5.74) is -0.0433. The van der Waals surface area contributed by atoms with Crippen molar-refractivity contribution in [3.63, 3.8) is 0 Å². The third-order valence-electron chi connectivity index (χ3n) is 3.99. The predicted molar refractivity (Wildman–Crippen MR) is 81.8 cm³/mol. The molecule has 0 aromatic heterocycles. The number of hydrogen-bond acceptors (Lipinski definition) is 3. The molecule has 1 aliphatic carbocycles. The minimum atomic E-state index is -3.95. The molecule has 21 heavy (non-hydrogen) atoms. The molecule has 0 bridgehead atoms. The van der Waals surface area contributed by atoms with E-state index in [2.05, 4.69) is 20.7 Å². The first-order chi connectivity index (χ1) is 9.85. The summed E-state index contributed by atoms with van der Waals surface area (Å²) in [7, 11) is -3.95. The molecule has 2 N–H and O–H groups in total. The van der Waals surface area contributed by atoms with E-state index in [1.807, 2.05) is 6.92 Å². The summed E-state index contributed by atoms with van der Waals surface area (Å²) in [6.07, 6.45) is 4.20. The Morgan fingerprint density at radius 3 is 2.62 bits per heavy atom. The number of nitrogens with one attached hydrogen (secondary N) is 1. The standard InChI is InChI=1S/C14H19BrFNO3S/c1-9(10-4-2-3-5-10)17-21(19,20)13-7-12(15)6-11(8-18)14(13)16/h6-7,9-10,17-18H,2-5,8H2,1H3. The molecule has 1 aromatic rings. The zero-order valence-corrected chi connectivity index (χ0v) is 14.2. The van der Waals surface area contributed by atoms with Crippen LogP contribution in [-0.2, 0) is 16.6 Å². The molecular weight excluding hydrogens is 361 g/mol. The Hall–Kier alpha value is -0.500. The van der Waals surface area contributed by atoms with Crippen molar-refractivity contribution in [2.45, 2.75) is 50.2 Å². The maximum atomic E-state index is 14.2. The van der Waals surface area contributed by atoms with Crippen molar-refractivity contribution >= 4 is 26.0 Å². The molecule has 0 aliphatic heterocycles. The summed E-state index contributed by atoms with van der Waals surface area (Å²) in [6.45, 7) is 1.27. The number of sulfonamides is 1. The first kappa shape index (κ1) is 16.9. The smallest absolute Gasteiger partial charge is 0.243 e. The monoisotopic (exact) mass is 379 g/mol. The van der Waals surface area contributed by atoms with Gasteiger partial charge in [0.05, 0.1) is 6.61 Å². The number of aliphatic hydroxyl groups is 1. The Bertz CT molecular complexity index is 615. The highest BCUT2D eigenvalue weighted by Crippen LogP contribution is 2.29. The fourth-order valence-electron chi connectivity index (χ4n) is 2.79. The van der Waals surface area contributed by atoms with Crippen molar-refractivity contribution in [3.05, 3.63) is 28.0 Å². The van der Waals surface area contributed by atoms with Gasteiger partial charge in [0.1, 0.15) is 10.7 Å². The van der Waals surface area contributed by atoms with E-state index in [0.717, 1.165) is 25.7 Å². The maximum absolute atomic E-state index is 14.2. The van der Waals surface area contributed by atoms with Gasteiger partial charge in [-0.25, -0.2) is 17.5 Å². The van der Waals surface area contributed by atoms with E-state index < -0.39 is 27.3 Å². The molecule has 0 saturated heterocycles. The van der Waals surface area contributed by atoms with Gasteiger partial charge in [0.2, 0.25) is 10.0 Å². The molecular formula is C14H19BrFNO3S. The quantitative estimate of drug-likeness (QED) is 0.826. The normalized spacial score (nSPS) is 18.1. The van der Waals surface area contributed by atoms with Crippen molar-refractivity contribution in [2.24, 2.45) is 5.92 Å². The fraction of sp³-hybridized carbons (Fsp3) is 0.571. The highest BCUT2D eigenvalue weighted by atomic mass is 79.9. The summed E-state index contributed by atoms with van der Waals surface area (Å²) in [5, 5.41) is 9.11. The molecule has 4 nitrogen and oxygen atoms in total. The van der Waals surface area contributed by atoms with Crippen LogP contribution in [0.25, 0.3) is 0 Å². The second-order valence-corrected chi connectivity index (χ2v) is 8.09. The SMILES string of the molecule is CC(NS(=O)(=O)c1cc(Br)cc(CO)c1F)C1CCCC1. The maximum Gasteiger partial charge on any atom is 0.243 e. The van der Waals surface area contributed by atoms with E-state index >= 15 is 0 Å². The van der Waals surface area contributed by atoms with Gasteiger partial charge >= 0.3 is 0 Å². The van der Waals surface area contributed by atoms with Crippen LogP contribution in [0.2, 0.25) is 0 Å². The van der Waals surface area contributed by atoms with Crippen LogP contribution < -0.4 is 4.72 Å². The zero-order chi connectivity index (χ0) is 15.6. The first-order valence-corrected chi connectivity index (χ1v) is 9.24. The van der Waals surface area contributed by atoms with Crippen LogP contribution in [0.4, 0.5) is 4.39 Å². The lowest BCUT2D eigenvalue weighted by Crippen LogP contribution is -2.37.